The molecule has 150 valence electrons. The molecule has 0 aromatic carbocycles. The first-order chi connectivity index (χ1) is 11.5. The zero-order valence-electron chi connectivity index (χ0n) is 18.9. The van der Waals surface area contributed by atoms with Crippen LogP contribution in [0, 0.1) is 0 Å². The van der Waals surface area contributed by atoms with Crippen molar-refractivity contribution in [3.8, 4) is 0 Å². The van der Waals surface area contributed by atoms with Gasteiger partial charge in [-0.25, -0.2) is 0 Å². The topological polar surface area (TPSA) is 9.23 Å². The van der Waals surface area contributed by atoms with E-state index in [9.17, 15) is 0 Å². The maximum atomic E-state index is 6.49. The van der Waals surface area contributed by atoms with Gasteiger partial charge in [0, 0.05) is 0 Å². The van der Waals surface area contributed by atoms with Crippen LogP contribution in [-0.4, -0.2) is 33.3 Å². The summed E-state index contributed by atoms with van der Waals surface area (Å²) in [7, 11) is -1.66. The van der Waals surface area contributed by atoms with Crippen LogP contribution in [0.1, 0.15) is 80.1 Å². The van der Waals surface area contributed by atoms with E-state index in [0.29, 0.717) is 5.04 Å². The average Bonchev–Trinajstić information content (AvgIpc) is 2.53. The van der Waals surface area contributed by atoms with Crippen LogP contribution in [0.3, 0.4) is 0 Å². The molecule has 0 aliphatic rings. The zero-order chi connectivity index (χ0) is 19.6. The van der Waals surface area contributed by atoms with Crippen LogP contribution in [0.25, 0.3) is 0 Å². The second-order valence-corrected chi connectivity index (χ2v) is 28.4. The van der Waals surface area contributed by atoms with E-state index in [1.807, 2.05) is 0 Å². The molecule has 0 unspecified atom stereocenters. The predicted molar refractivity (Wildman–Crippen MR) is 122 cm³/mol. The molecule has 0 radical (unpaired) electrons. The van der Waals surface area contributed by atoms with Crippen LogP contribution in [0.4, 0.5) is 0 Å². The molecule has 0 bridgehead atoms. The van der Waals surface area contributed by atoms with Gasteiger partial charge in [0.25, 0.3) is 0 Å². The van der Waals surface area contributed by atoms with Gasteiger partial charge in [-0.2, -0.15) is 0 Å². The van der Waals surface area contributed by atoms with Crippen molar-refractivity contribution in [3.63, 3.8) is 0 Å². The second kappa shape index (κ2) is 12.2. The van der Waals surface area contributed by atoms with Crippen molar-refractivity contribution < 1.29 is 4.43 Å². The SMILES string of the molecule is C=C(CO[Si](C)(C)C(C)(C)C)[CH2][Sn]([CH2]CCC)([CH2]CCC)[CH2]CCC. The van der Waals surface area contributed by atoms with E-state index in [1.54, 1.807) is 13.3 Å². The van der Waals surface area contributed by atoms with E-state index in [0.717, 1.165) is 6.61 Å². The van der Waals surface area contributed by atoms with Crippen molar-refractivity contribution in [1.29, 1.82) is 0 Å². The second-order valence-electron chi connectivity index (χ2n) is 9.79. The van der Waals surface area contributed by atoms with Crippen molar-refractivity contribution in [2.24, 2.45) is 0 Å². The van der Waals surface area contributed by atoms with Gasteiger partial charge in [-0.1, -0.05) is 0 Å². The van der Waals surface area contributed by atoms with Gasteiger partial charge in [-0.15, -0.1) is 0 Å². The maximum absolute atomic E-state index is 6.49. The van der Waals surface area contributed by atoms with Crippen molar-refractivity contribution in [1.82, 2.24) is 0 Å². The van der Waals surface area contributed by atoms with E-state index < -0.39 is 26.7 Å². The minimum absolute atomic E-state index is 0.292. The third-order valence-corrected chi connectivity index (χ3v) is 26.4. The third kappa shape index (κ3) is 10.00. The summed E-state index contributed by atoms with van der Waals surface area (Å²) in [6.07, 6.45) is 8.39. The van der Waals surface area contributed by atoms with Crippen LogP contribution in [0.15, 0.2) is 12.2 Å². The average molecular weight is 475 g/mol. The van der Waals surface area contributed by atoms with E-state index in [1.165, 1.54) is 48.5 Å². The molecular weight excluding hydrogens is 427 g/mol. The van der Waals surface area contributed by atoms with Gasteiger partial charge in [-0.3, -0.25) is 0 Å². The van der Waals surface area contributed by atoms with Gasteiger partial charge < -0.3 is 0 Å². The van der Waals surface area contributed by atoms with Crippen LogP contribution < -0.4 is 0 Å². The predicted octanol–water partition coefficient (Wildman–Crippen LogP) is 8.41. The summed E-state index contributed by atoms with van der Waals surface area (Å²) in [5.41, 5.74) is 1.42. The summed E-state index contributed by atoms with van der Waals surface area (Å²) < 4.78 is 12.6. The fourth-order valence-corrected chi connectivity index (χ4v) is 20.8. The number of rotatable bonds is 14. The summed E-state index contributed by atoms with van der Waals surface area (Å²) in [6, 6.07) is 0. The van der Waals surface area contributed by atoms with Gasteiger partial charge in [0.05, 0.1) is 0 Å². The fourth-order valence-electron chi connectivity index (χ4n) is 3.38. The molecule has 0 N–H and O–H groups in total. The first-order valence-corrected chi connectivity index (χ1v) is 21.8. The van der Waals surface area contributed by atoms with Crippen LogP contribution >= 0.6 is 0 Å². The molecule has 0 aliphatic heterocycles. The summed E-state index contributed by atoms with van der Waals surface area (Å²) >= 11 is -2.10. The molecule has 25 heavy (non-hydrogen) atoms. The molecule has 0 fully saturated rings. The first kappa shape index (κ1) is 25.7. The Hall–Kier alpha value is 0.716. The van der Waals surface area contributed by atoms with Gasteiger partial charge in [0.15, 0.2) is 0 Å². The number of hydrogen-bond donors (Lipinski definition) is 0. The molecular formula is C22H48OSiSn. The number of hydrogen-bond acceptors (Lipinski definition) is 1. The molecule has 0 saturated heterocycles. The van der Waals surface area contributed by atoms with Gasteiger partial charge in [0.1, 0.15) is 0 Å². The minimum atomic E-state index is -2.10. The van der Waals surface area contributed by atoms with E-state index in [4.69, 9.17) is 4.43 Å². The van der Waals surface area contributed by atoms with Crippen LogP contribution in [0.5, 0.6) is 0 Å². The van der Waals surface area contributed by atoms with Gasteiger partial charge in [0.2, 0.25) is 0 Å². The zero-order valence-corrected chi connectivity index (χ0v) is 22.7. The Kier molecular flexibility index (Phi) is 12.6. The Balaban J connectivity index is 4.97. The molecule has 0 aliphatic carbocycles. The van der Waals surface area contributed by atoms with Crippen molar-refractivity contribution in [2.45, 2.75) is 116 Å². The van der Waals surface area contributed by atoms with Crippen molar-refractivity contribution in [3.05, 3.63) is 12.2 Å². The summed E-state index contributed by atoms with van der Waals surface area (Å²) in [4.78, 5) is 0. The normalized spacial score (nSPS) is 13.3. The molecule has 0 heterocycles. The fraction of sp³-hybridized carbons (Fsp3) is 0.909. The molecule has 1 nitrogen and oxygen atoms in total. The molecule has 0 aromatic heterocycles. The summed E-state index contributed by atoms with van der Waals surface area (Å²) in [5, 5.41) is 0.292. The quantitative estimate of drug-likeness (QED) is 0.181. The van der Waals surface area contributed by atoms with Crippen LogP contribution in [-0.2, 0) is 4.43 Å². The molecule has 0 saturated carbocycles. The Morgan fingerprint density at radius 2 is 1.28 bits per heavy atom. The molecule has 0 spiro atoms. The first-order valence-electron chi connectivity index (χ1n) is 10.8. The summed E-state index contributed by atoms with van der Waals surface area (Å²) in [5.74, 6) is 0. The van der Waals surface area contributed by atoms with E-state index in [2.05, 4.69) is 61.2 Å². The molecule has 0 aromatic rings. The summed E-state index contributed by atoms with van der Waals surface area (Å²) in [6.45, 7) is 24.1. The van der Waals surface area contributed by atoms with Crippen molar-refractivity contribution in [2.75, 3.05) is 6.61 Å². The third-order valence-electron chi connectivity index (χ3n) is 6.25. The van der Waals surface area contributed by atoms with Gasteiger partial charge >= 0.3 is 166 Å². The van der Waals surface area contributed by atoms with Crippen molar-refractivity contribution >= 4 is 26.7 Å². The Morgan fingerprint density at radius 3 is 1.60 bits per heavy atom. The van der Waals surface area contributed by atoms with E-state index in [-0.39, 0.29) is 0 Å². The number of unbranched alkanes of at least 4 members (excludes halogenated alkanes) is 3. The Bertz CT molecular complexity index is 349. The monoisotopic (exact) mass is 476 g/mol. The molecule has 3 heteroatoms. The van der Waals surface area contributed by atoms with E-state index >= 15 is 0 Å². The van der Waals surface area contributed by atoms with Crippen LogP contribution in [0.2, 0.25) is 35.9 Å². The standard InChI is InChI=1S/C10H21OSi.3C4H9.Sn/c1-9(2)8-11-12(6,7)10(3,4)5;3*1-3-4-2;/h1-2,8H2,3-7H3;3*1,3-4H2,2H3;. The Morgan fingerprint density at radius 1 is 0.880 bits per heavy atom. The molecule has 0 atom stereocenters. The van der Waals surface area contributed by atoms with Gasteiger partial charge in [-0.05, 0) is 0 Å². The molecule has 0 amide bonds. The molecule has 0 rings (SSSR count). The Labute approximate surface area is 165 Å².